The molecule has 1 aromatic rings. The molecule has 0 saturated heterocycles. The molecule has 1 aromatic carbocycles. The van der Waals surface area contributed by atoms with Gasteiger partial charge in [-0.1, -0.05) is 19.6 Å². The van der Waals surface area contributed by atoms with Crippen LogP contribution >= 0.6 is 0 Å². The second-order valence-corrected chi connectivity index (χ2v) is 3.26. The number of hydrogen-bond donors (Lipinski definition) is 0. The molecule has 0 aliphatic carbocycles. The van der Waals surface area contributed by atoms with Crippen molar-refractivity contribution in [2.45, 2.75) is 13.3 Å². The molecule has 3 nitrogen and oxygen atoms in total. The van der Waals surface area contributed by atoms with Crippen LogP contribution in [-0.2, 0) is 4.74 Å². The molecule has 3 heteroatoms. The quantitative estimate of drug-likeness (QED) is 0.546. The Morgan fingerprint density at radius 3 is 2.62 bits per heavy atom. The fourth-order valence-corrected chi connectivity index (χ4v) is 1.12. The molecule has 0 heterocycles. The first-order valence-electron chi connectivity index (χ1n) is 5.28. The predicted molar refractivity (Wildman–Crippen MR) is 62.7 cm³/mol. The standard InChI is InChI=1S/C13H16O3/c1-3-9-15-12-7-5-11(6-8-12)13(14)16-10-4-2/h3,5-8H,1,4,9-10H2,2H3. The topological polar surface area (TPSA) is 35.5 Å². The molecule has 16 heavy (non-hydrogen) atoms. The van der Waals surface area contributed by atoms with Gasteiger partial charge in [0.25, 0.3) is 0 Å². The first-order chi connectivity index (χ1) is 7.77. The molecule has 0 aliphatic heterocycles. The minimum Gasteiger partial charge on any atom is -0.490 e. The maximum Gasteiger partial charge on any atom is 0.338 e. The number of hydrogen-bond acceptors (Lipinski definition) is 3. The summed E-state index contributed by atoms with van der Waals surface area (Å²) in [5.41, 5.74) is 0.541. The number of esters is 1. The third-order valence-electron chi connectivity index (χ3n) is 1.90. The van der Waals surface area contributed by atoms with E-state index in [1.807, 2.05) is 6.92 Å². The molecular formula is C13H16O3. The number of carbonyl (C=O) groups excluding carboxylic acids is 1. The van der Waals surface area contributed by atoms with E-state index >= 15 is 0 Å². The van der Waals surface area contributed by atoms with E-state index in [1.54, 1.807) is 30.3 Å². The summed E-state index contributed by atoms with van der Waals surface area (Å²) in [5, 5.41) is 0. The van der Waals surface area contributed by atoms with E-state index < -0.39 is 0 Å². The molecule has 1 rings (SSSR count). The fourth-order valence-electron chi connectivity index (χ4n) is 1.12. The van der Waals surface area contributed by atoms with Crippen molar-refractivity contribution in [2.75, 3.05) is 13.2 Å². The van der Waals surface area contributed by atoms with E-state index in [9.17, 15) is 4.79 Å². The van der Waals surface area contributed by atoms with Crippen LogP contribution in [0.2, 0.25) is 0 Å². The number of carbonyl (C=O) groups is 1. The molecular weight excluding hydrogens is 204 g/mol. The molecule has 0 spiro atoms. The van der Waals surface area contributed by atoms with Crippen molar-refractivity contribution in [3.05, 3.63) is 42.5 Å². The van der Waals surface area contributed by atoms with Crippen LogP contribution < -0.4 is 4.74 Å². The van der Waals surface area contributed by atoms with Crippen LogP contribution in [0.5, 0.6) is 5.75 Å². The molecule has 0 radical (unpaired) electrons. The third-order valence-corrected chi connectivity index (χ3v) is 1.90. The highest BCUT2D eigenvalue weighted by Crippen LogP contribution is 2.12. The summed E-state index contributed by atoms with van der Waals surface area (Å²) in [4.78, 5) is 11.4. The summed E-state index contributed by atoms with van der Waals surface area (Å²) >= 11 is 0. The Morgan fingerprint density at radius 1 is 1.38 bits per heavy atom. The van der Waals surface area contributed by atoms with Gasteiger partial charge in [0, 0.05) is 0 Å². The maximum absolute atomic E-state index is 11.4. The molecule has 0 saturated carbocycles. The fraction of sp³-hybridized carbons (Fsp3) is 0.308. The number of ether oxygens (including phenoxy) is 2. The Hall–Kier alpha value is -1.77. The van der Waals surface area contributed by atoms with E-state index in [-0.39, 0.29) is 5.97 Å². The molecule has 0 N–H and O–H groups in total. The van der Waals surface area contributed by atoms with Gasteiger partial charge in [-0.25, -0.2) is 4.79 Å². The normalized spacial score (nSPS) is 9.56. The lowest BCUT2D eigenvalue weighted by atomic mass is 10.2. The summed E-state index contributed by atoms with van der Waals surface area (Å²) in [6.45, 7) is 6.42. The van der Waals surface area contributed by atoms with Gasteiger partial charge in [0.15, 0.2) is 0 Å². The third kappa shape index (κ3) is 3.77. The van der Waals surface area contributed by atoms with Crippen molar-refractivity contribution in [3.8, 4) is 5.75 Å². The lowest BCUT2D eigenvalue weighted by Crippen LogP contribution is -2.05. The highest BCUT2D eigenvalue weighted by molar-refractivity contribution is 5.89. The lowest BCUT2D eigenvalue weighted by Gasteiger charge is -2.05. The Balaban J connectivity index is 2.56. The SMILES string of the molecule is C=CCOc1ccc(C(=O)OCCC)cc1. The van der Waals surface area contributed by atoms with Gasteiger partial charge in [-0.3, -0.25) is 0 Å². The average Bonchev–Trinajstić information content (AvgIpc) is 2.34. The zero-order valence-corrected chi connectivity index (χ0v) is 9.44. The first kappa shape index (κ1) is 12.3. The Morgan fingerprint density at radius 2 is 2.06 bits per heavy atom. The van der Waals surface area contributed by atoms with Crippen LogP contribution in [-0.4, -0.2) is 19.2 Å². The molecule has 0 bridgehead atoms. The minimum absolute atomic E-state index is 0.294. The molecule has 0 atom stereocenters. The van der Waals surface area contributed by atoms with Gasteiger partial charge in [0.1, 0.15) is 12.4 Å². The van der Waals surface area contributed by atoms with Crippen LogP contribution in [0.15, 0.2) is 36.9 Å². The summed E-state index contributed by atoms with van der Waals surface area (Å²) in [6.07, 6.45) is 2.50. The zero-order valence-electron chi connectivity index (χ0n) is 9.44. The second kappa shape index (κ2) is 6.67. The molecule has 0 amide bonds. The van der Waals surface area contributed by atoms with E-state index in [4.69, 9.17) is 9.47 Å². The van der Waals surface area contributed by atoms with Crippen LogP contribution in [0.1, 0.15) is 23.7 Å². The van der Waals surface area contributed by atoms with E-state index in [1.165, 1.54) is 0 Å². The van der Waals surface area contributed by atoms with Crippen molar-refractivity contribution in [1.29, 1.82) is 0 Å². The van der Waals surface area contributed by atoms with Crippen LogP contribution in [0, 0.1) is 0 Å². The summed E-state index contributed by atoms with van der Waals surface area (Å²) in [7, 11) is 0. The van der Waals surface area contributed by atoms with Crippen molar-refractivity contribution in [3.63, 3.8) is 0 Å². The summed E-state index contributed by atoms with van der Waals surface area (Å²) < 4.78 is 10.3. The Labute approximate surface area is 95.7 Å². The molecule has 0 aromatic heterocycles. The van der Waals surface area contributed by atoms with Crippen molar-refractivity contribution in [1.82, 2.24) is 0 Å². The predicted octanol–water partition coefficient (Wildman–Crippen LogP) is 2.82. The van der Waals surface area contributed by atoms with E-state index in [2.05, 4.69) is 6.58 Å². The van der Waals surface area contributed by atoms with Crippen molar-refractivity contribution >= 4 is 5.97 Å². The van der Waals surface area contributed by atoms with Gasteiger partial charge in [-0.15, -0.1) is 0 Å². The molecule has 86 valence electrons. The molecule has 0 aliphatic rings. The van der Waals surface area contributed by atoms with Crippen LogP contribution in [0.4, 0.5) is 0 Å². The van der Waals surface area contributed by atoms with Gasteiger partial charge in [-0.2, -0.15) is 0 Å². The number of rotatable bonds is 6. The molecule has 0 fully saturated rings. The Kier molecular flexibility index (Phi) is 5.12. The highest BCUT2D eigenvalue weighted by atomic mass is 16.5. The average molecular weight is 220 g/mol. The van der Waals surface area contributed by atoms with Crippen LogP contribution in [0.3, 0.4) is 0 Å². The van der Waals surface area contributed by atoms with Crippen molar-refractivity contribution < 1.29 is 14.3 Å². The zero-order chi connectivity index (χ0) is 11.8. The monoisotopic (exact) mass is 220 g/mol. The van der Waals surface area contributed by atoms with E-state index in [0.717, 1.165) is 6.42 Å². The Bertz CT molecular complexity index is 341. The maximum atomic E-state index is 11.4. The summed E-state index contributed by atoms with van der Waals surface area (Å²) in [6, 6.07) is 6.87. The van der Waals surface area contributed by atoms with Crippen LogP contribution in [0.25, 0.3) is 0 Å². The second-order valence-electron chi connectivity index (χ2n) is 3.26. The highest BCUT2D eigenvalue weighted by Gasteiger charge is 2.05. The smallest absolute Gasteiger partial charge is 0.338 e. The minimum atomic E-state index is -0.294. The first-order valence-corrected chi connectivity index (χ1v) is 5.28. The van der Waals surface area contributed by atoms with Gasteiger partial charge in [0.05, 0.1) is 12.2 Å². The summed E-state index contributed by atoms with van der Waals surface area (Å²) in [5.74, 6) is 0.420. The molecule has 0 unspecified atom stereocenters. The van der Waals surface area contributed by atoms with Gasteiger partial charge >= 0.3 is 5.97 Å². The lowest BCUT2D eigenvalue weighted by molar-refractivity contribution is 0.0505. The van der Waals surface area contributed by atoms with Gasteiger partial charge in [-0.05, 0) is 30.7 Å². The van der Waals surface area contributed by atoms with E-state index in [0.29, 0.717) is 24.5 Å². The van der Waals surface area contributed by atoms with Gasteiger partial charge < -0.3 is 9.47 Å². The largest absolute Gasteiger partial charge is 0.490 e. The van der Waals surface area contributed by atoms with Crippen molar-refractivity contribution in [2.24, 2.45) is 0 Å². The van der Waals surface area contributed by atoms with Gasteiger partial charge in [0.2, 0.25) is 0 Å². The number of benzene rings is 1.